The van der Waals surface area contributed by atoms with E-state index in [4.69, 9.17) is 5.11 Å². The molecule has 17 heavy (non-hydrogen) atoms. The van der Waals surface area contributed by atoms with Crippen molar-refractivity contribution >= 4 is 29.1 Å². The van der Waals surface area contributed by atoms with Crippen LogP contribution in [0.1, 0.15) is 17.8 Å². The van der Waals surface area contributed by atoms with Crippen molar-refractivity contribution in [1.29, 1.82) is 0 Å². The summed E-state index contributed by atoms with van der Waals surface area (Å²) in [6, 6.07) is 4.16. The van der Waals surface area contributed by atoms with Gasteiger partial charge in [0.25, 0.3) is 0 Å². The molecule has 2 aromatic rings. The van der Waals surface area contributed by atoms with Gasteiger partial charge in [-0.05, 0) is 18.4 Å². The summed E-state index contributed by atoms with van der Waals surface area (Å²) < 4.78 is 1.89. The summed E-state index contributed by atoms with van der Waals surface area (Å²) in [6.07, 6.45) is 1.63. The molecule has 0 spiro atoms. The van der Waals surface area contributed by atoms with Crippen LogP contribution >= 0.6 is 23.1 Å². The number of carbonyl (C=O) groups is 1. The summed E-state index contributed by atoms with van der Waals surface area (Å²) >= 11 is 2.84. The van der Waals surface area contributed by atoms with E-state index in [1.54, 1.807) is 17.7 Å². The van der Waals surface area contributed by atoms with Crippen LogP contribution in [0.3, 0.4) is 0 Å². The van der Waals surface area contributed by atoms with Crippen LogP contribution in [-0.2, 0) is 4.79 Å². The Kier molecular flexibility index (Phi) is 3.80. The Morgan fingerprint density at radius 1 is 1.71 bits per heavy atom. The lowest BCUT2D eigenvalue weighted by atomic mass is 10.3. The highest BCUT2D eigenvalue weighted by Gasteiger charge is 2.14. The zero-order valence-electron chi connectivity index (χ0n) is 9.11. The van der Waals surface area contributed by atoms with Crippen LogP contribution in [-0.4, -0.2) is 31.6 Å². The monoisotopic (exact) mass is 269 g/mol. The van der Waals surface area contributed by atoms with Crippen LogP contribution in [0.4, 0.5) is 0 Å². The number of thiophene rings is 1. The highest BCUT2D eigenvalue weighted by molar-refractivity contribution is 7.99. The number of hydrogen-bond donors (Lipinski definition) is 1. The summed E-state index contributed by atoms with van der Waals surface area (Å²) in [5, 5.41) is 19.1. The maximum atomic E-state index is 10.5. The van der Waals surface area contributed by atoms with Gasteiger partial charge in [0.15, 0.2) is 5.16 Å². The third kappa shape index (κ3) is 2.86. The van der Waals surface area contributed by atoms with Gasteiger partial charge in [-0.1, -0.05) is 17.8 Å². The predicted molar refractivity (Wildman–Crippen MR) is 66.5 cm³/mol. The highest BCUT2D eigenvalue weighted by Crippen LogP contribution is 2.26. The number of rotatable bonds is 5. The van der Waals surface area contributed by atoms with Crippen molar-refractivity contribution in [1.82, 2.24) is 14.8 Å². The molecule has 0 fully saturated rings. The Bertz CT molecular complexity index is 495. The minimum absolute atomic E-state index is 0.00411. The van der Waals surface area contributed by atoms with Crippen LogP contribution in [0.25, 0.3) is 0 Å². The average Bonchev–Trinajstić information content (AvgIpc) is 2.96. The number of carboxylic acid groups (broad SMARTS) is 1. The number of hydrogen-bond acceptors (Lipinski definition) is 5. The number of thioether (sulfide) groups is 1. The first-order valence-corrected chi connectivity index (χ1v) is 6.82. The molecular weight excluding hydrogens is 258 g/mol. The first kappa shape index (κ1) is 12.1. The van der Waals surface area contributed by atoms with Gasteiger partial charge >= 0.3 is 5.97 Å². The lowest BCUT2D eigenvalue weighted by Crippen LogP contribution is -2.07. The first-order chi connectivity index (χ1) is 8.18. The summed E-state index contributed by atoms with van der Waals surface area (Å²) in [5.41, 5.74) is 0. The first-order valence-electron chi connectivity index (χ1n) is 4.96. The maximum absolute atomic E-state index is 10.5. The molecule has 5 nitrogen and oxygen atoms in total. The smallest absolute Gasteiger partial charge is 0.313 e. The summed E-state index contributed by atoms with van der Waals surface area (Å²) in [5.74, 6) is -0.858. The Balaban J connectivity index is 2.16. The van der Waals surface area contributed by atoms with Gasteiger partial charge in [0.05, 0.1) is 11.8 Å². The number of aliphatic carboxylic acids is 1. The fraction of sp³-hybridized carbons (Fsp3) is 0.300. The van der Waals surface area contributed by atoms with E-state index in [9.17, 15) is 4.79 Å². The van der Waals surface area contributed by atoms with E-state index >= 15 is 0 Å². The van der Waals surface area contributed by atoms with E-state index in [-0.39, 0.29) is 11.8 Å². The minimum Gasteiger partial charge on any atom is -0.481 e. The van der Waals surface area contributed by atoms with Crippen molar-refractivity contribution in [3.05, 3.63) is 28.7 Å². The lowest BCUT2D eigenvalue weighted by molar-refractivity contribution is -0.133. The average molecular weight is 269 g/mol. The quantitative estimate of drug-likeness (QED) is 0.842. The third-order valence-corrected chi connectivity index (χ3v) is 4.22. The van der Waals surface area contributed by atoms with Crippen LogP contribution < -0.4 is 0 Å². The van der Waals surface area contributed by atoms with Crippen LogP contribution in [0.15, 0.2) is 29.0 Å². The van der Waals surface area contributed by atoms with Gasteiger partial charge in [0, 0.05) is 4.88 Å². The minimum atomic E-state index is -0.853. The topological polar surface area (TPSA) is 68.0 Å². The SMILES string of the molecule is CC(c1cccs1)n1cnnc1SCC(=O)O. The molecule has 0 saturated carbocycles. The molecule has 0 aliphatic rings. The molecule has 0 aromatic carbocycles. The molecule has 0 aliphatic heterocycles. The van der Waals surface area contributed by atoms with Crippen LogP contribution in [0.2, 0.25) is 0 Å². The molecule has 1 unspecified atom stereocenters. The van der Waals surface area contributed by atoms with Gasteiger partial charge < -0.3 is 9.67 Å². The molecule has 2 heterocycles. The summed E-state index contributed by atoms with van der Waals surface area (Å²) in [7, 11) is 0. The summed E-state index contributed by atoms with van der Waals surface area (Å²) in [6.45, 7) is 2.04. The van der Waals surface area contributed by atoms with Crippen molar-refractivity contribution in [2.75, 3.05) is 5.75 Å². The number of nitrogens with zero attached hydrogens (tertiary/aromatic N) is 3. The molecule has 0 amide bonds. The Morgan fingerprint density at radius 3 is 3.18 bits per heavy atom. The Morgan fingerprint density at radius 2 is 2.53 bits per heavy atom. The van der Waals surface area contributed by atoms with E-state index in [0.717, 1.165) is 0 Å². The molecule has 90 valence electrons. The molecule has 7 heteroatoms. The Labute approximate surface area is 106 Å². The van der Waals surface area contributed by atoms with Gasteiger partial charge in [-0.25, -0.2) is 0 Å². The standard InChI is InChI=1S/C10H11N3O2S2/c1-7(8-3-2-4-16-8)13-6-11-12-10(13)17-5-9(14)15/h2-4,6-7H,5H2,1H3,(H,14,15). The van der Waals surface area contributed by atoms with Gasteiger partial charge in [-0.2, -0.15) is 0 Å². The molecule has 2 aromatic heterocycles. The molecule has 1 atom stereocenters. The fourth-order valence-corrected chi connectivity index (χ4v) is 2.89. The van der Waals surface area contributed by atoms with Crippen molar-refractivity contribution < 1.29 is 9.90 Å². The van der Waals surface area contributed by atoms with Gasteiger partial charge in [0.2, 0.25) is 0 Å². The Hall–Kier alpha value is -1.34. The molecule has 0 bridgehead atoms. The van der Waals surface area contributed by atoms with Gasteiger partial charge in [0.1, 0.15) is 6.33 Å². The van der Waals surface area contributed by atoms with Gasteiger partial charge in [-0.3, -0.25) is 4.79 Å². The zero-order valence-corrected chi connectivity index (χ0v) is 10.7. The maximum Gasteiger partial charge on any atom is 0.313 e. The van der Waals surface area contributed by atoms with E-state index in [1.807, 2.05) is 29.0 Å². The summed E-state index contributed by atoms with van der Waals surface area (Å²) in [4.78, 5) is 11.7. The number of carboxylic acids is 1. The van der Waals surface area contributed by atoms with Crippen molar-refractivity contribution in [2.24, 2.45) is 0 Å². The molecule has 0 radical (unpaired) electrons. The van der Waals surface area contributed by atoms with E-state index in [0.29, 0.717) is 5.16 Å². The van der Waals surface area contributed by atoms with Crippen molar-refractivity contribution in [2.45, 2.75) is 18.1 Å². The van der Waals surface area contributed by atoms with E-state index in [1.165, 1.54) is 16.6 Å². The molecular formula is C10H11N3O2S2. The predicted octanol–water partition coefficient (Wildman–Crippen LogP) is 2.13. The normalized spacial score (nSPS) is 12.5. The fourth-order valence-electron chi connectivity index (χ4n) is 1.39. The molecule has 0 saturated heterocycles. The second-order valence-corrected chi connectivity index (χ2v) is 5.32. The van der Waals surface area contributed by atoms with Crippen LogP contribution in [0, 0.1) is 0 Å². The largest absolute Gasteiger partial charge is 0.481 e. The van der Waals surface area contributed by atoms with Crippen molar-refractivity contribution in [3.63, 3.8) is 0 Å². The van der Waals surface area contributed by atoms with Gasteiger partial charge in [-0.15, -0.1) is 21.5 Å². The van der Waals surface area contributed by atoms with Crippen LogP contribution in [0.5, 0.6) is 0 Å². The molecule has 0 aliphatic carbocycles. The molecule has 2 rings (SSSR count). The van der Waals surface area contributed by atoms with E-state index in [2.05, 4.69) is 10.2 Å². The third-order valence-electron chi connectivity index (χ3n) is 2.24. The molecule has 1 N–H and O–H groups in total. The highest BCUT2D eigenvalue weighted by atomic mass is 32.2. The van der Waals surface area contributed by atoms with Crippen molar-refractivity contribution in [3.8, 4) is 0 Å². The number of aromatic nitrogens is 3. The second kappa shape index (κ2) is 5.33. The lowest BCUT2D eigenvalue weighted by Gasteiger charge is -2.12. The second-order valence-electron chi connectivity index (χ2n) is 3.39. The zero-order chi connectivity index (χ0) is 12.3. The van der Waals surface area contributed by atoms with E-state index < -0.39 is 5.97 Å².